The Morgan fingerprint density at radius 2 is 2.46 bits per heavy atom. The predicted octanol–water partition coefficient (Wildman–Crippen LogP) is 0.0425. The van der Waals surface area contributed by atoms with E-state index < -0.39 is 0 Å². The van der Waals surface area contributed by atoms with Crippen LogP contribution in [-0.4, -0.2) is 32.2 Å². The highest BCUT2D eigenvalue weighted by Gasteiger charge is 2.09. The summed E-state index contributed by atoms with van der Waals surface area (Å²) < 4.78 is 4.97. The van der Waals surface area contributed by atoms with E-state index in [9.17, 15) is 4.79 Å². The van der Waals surface area contributed by atoms with Crippen molar-refractivity contribution < 1.29 is 9.53 Å². The lowest BCUT2D eigenvalue weighted by Crippen LogP contribution is -2.32. The molecule has 0 aromatic carbocycles. The molecule has 1 unspecified atom stereocenters. The van der Waals surface area contributed by atoms with Gasteiger partial charge in [0.15, 0.2) is 0 Å². The van der Waals surface area contributed by atoms with Gasteiger partial charge in [-0.2, -0.15) is 0 Å². The molecule has 76 valence electrons. The third-order valence-electron chi connectivity index (χ3n) is 1.68. The minimum atomic E-state index is -0.177. The third-order valence-corrected chi connectivity index (χ3v) is 1.68. The van der Waals surface area contributed by atoms with E-state index in [1.807, 2.05) is 0 Å². The van der Waals surface area contributed by atoms with Crippen molar-refractivity contribution in [1.29, 1.82) is 0 Å². The van der Waals surface area contributed by atoms with Gasteiger partial charge in [-0.05, 0) is 6.42 Å². The predicted molar refractivity (Wildman–Crippen MR) is 52.3 cm³/mol. The summed E-state index contributed by atoms with van der Waals surface area (Å²) in [5.41, 5.74) is 5.37. The lowest BCUT2D eigenvalue weighted by atomic mass is 10.2. The first kappa shape index (κ1) is 12.1. The Labute approximate surface area is 79.1 Å². The number of carbonyl (C=O) groups is 1. The van der Waals surface area contributed by atoms with Crippen molar-refractivity contribution in [3.63, 3.8) is 0 Å². The molecule has 0 radical (unpaired) electrons. The third kappa shape index (κ3) is 6.31. The fourth-order valence-electron chi connectivity index (χ4n) is 0.855. The number of rotatable bonds is 7. The van der Waals surface area contributed by atoms with Gasteiger partial charge in [-0.1, -0.05) is 6.08 Å². The summed E-state index contributed by atoms with van der Waals surface area (Å²) in [6.07, 6.45) is 2.69. The monoisotopic (exact) mass is 186 g/mol. The Morgan fingerprint density at radius 3 is 2.92 bits per heavy atom. The van der Waals surface area contributed by atoms with Gasteiger partial charge in [0.2, 0.25) is 5.91 Å². The lowest BCUT2D eigenvalue weighted by molar-refractivity contribution is -0.123. The van der Waals surface area contributed by atoms with Gasteiger partial charge in [-0.15, -0.1) is 6.58 Å². The number of hydrogen-bond acceptors (Lipinski definition) is 3. The molecular weight excluding hydrogens is 168 g/mol. The quantitative estimate of drug-likeness (QED) is 0.436. The average molecular weight is 186 g/mol. The van der Waals surface area contributed by atoms with Crippen molar-refractivity contribution in [2.75, 3.05) is 20.2 Å². The molecule has 0 spiro atoms. The summed E-state index contributed by atoms with van der Waals surface area (Å²) in [5, 5.41) is 2.74. The smallest absolute Gasteiger partial charge is 0.222 e. The number of nitrogens with one attached hydrogen (secondary N) is 1. The van der Waals surface area contributed by atoms with Gasteiger partial charge in [0.25, 0.3) is 0 Å². The fourth-order valence-corrected chi connectivity index (χ4v) is 0.855. The maximum Gasteiger partial charge on any atom is 0.222 e. The topological polar surface area (TPSA) is 64.4 Å². The number of ether oxygens (including phenoxy) is 1. The number of hydrogen-bond donors (Lipinski definition) is 2. The Kier molecular flexibility index (Phi) is 7.24. The van der Waals surface area contributed by atoms with Crippen molar-refractivity contribution in [3.8, 4) is 0 Å². The zero-order valence-electron chi connectivity index (χ0n) is 8.08. The van der Waals surface area contributed by atoms with Gasteiger partial charge in [-0.25, -0.2) is 0 Å². The maximum atomic E-state index is 11.2. The van der Waals surface area contributed by atoms with Crippen LogP contribution < -0.4 is 11.1 Å². The van der Waals surface area contributed by atoms with Gasteiger partial charge in [0.05, 0.1) is 12.5 Å². The molecule has 0 aromatic heterocycles. The van der Waals surface area contributed by atoms with Crippen molar-refractivity contribution in [2.24, 2.45) is 5.73 Å². The maximum absolute atomic E-state index is 11.2. The molecule has 0 aliphatic rings. The first-order chi connectivity index (χ1) is 6.24. The Bertz CT molecular complexity index is 156. The zero-order valence-corrected chi connectivity index (χ0v) is 8.08. The van der Waals surface area contributed by atoms with Crippen LogP contribution >= 0.6 is 0 Å². The van der Waals surface area contributed by atoms with Crippen LogP contribution in [0.3, 0.4) is 0 Å². The van der Waals surface area contributed by atoms with Gasteiger partial charge < -0.3 is 15.8 Å². The van der Waals surface area contributed by atoms with Crippen LogP contribution in [-0.2, 0) is 9.53 Å². The molecule has 0 aliphatic heterocycles. The molecule has 4 nitrogen and oxygen atoms in total. The van der Waals surface area contributed by atoms with Crippen LogP contribution in [0.2, 0.25) is 0 Å². The van der Waals surface area contributed by atoms with Crippen molar-refractivity contribution in [3.05, 3.63) is 12.7 Å². The van der Waals surface area contributed by atoms with E-state index in [0.29, 0.717) is 19.5 Å². The summed E-state index contributed by atoms with van der Waals surface area (Å²) >= 11 is 0. The van der Waals surface area contributed by atoms with E-state index in [1.165, 1.54) is 0 Å². The van der Waals surface area contributed by atoms with Gasteiger partial charge >= 0.3 is 0 Å². The molecule has 0 fully saturated rings. The van der Waals surface area contributed by atoms with Gasteiger partial charge in [0, 0.05) is 20.2 Å². The molecule has 0 heterocycles. The largest absolute Gasteiger partial charge is 0.380 e. The number of methoxy groups -OCH3 is 1. The molecule has 3 N–H and O–H groups in total. The SMILES string of the molecule is C=CCCNC(=O)CC(CN)OC. The summed E-state index contributed by atoms with van der Waals surface area (Å²) in [4.78, 5) is 11.2. The number of nitrogens with two attached hydrogens (primary N) is 1. The molecule has 0 bridgehead atoms. The Morgan fingerprint density at radius 1 is 1.77 bits per heavy atom. The molecule has 13 heavy (non-hydrogen) atoms. The van der Waals surface area contributed by atoms with E-state index in [-0.39, 0.29) is 12.0 Å². The van der Waals surface area contributed by atoms with Crippen molar-refractivity contribution >= 4 is 5.91 Å². The van der Waals surface area contributed by atoms with E-state index in [2.05, 4.69) is 11.9 Å². The van der Waals surface area contributed by atoms with Crippen LogP contribution in [0.1, 0.15) is 12.8 Å². The molecular formula is C9H18N2O2. The van der Waals surface area contributed by atoms with Gasteiger partial charge in [-0.3, -0.25) is 4.79 Å². The highest BCUT2D eigenvalue weighted by molar-refractivity contribution is 5.76. The molecule has 1 atom stereocenters. The normalized spacial score (nSPS) is 12.2. The highest BCUT2D eigenvalue weighted by Crippen LogP contribution is 1.94. The van der Waals surface area contributed by atoms with E-state index in [1.54, 1.807) is 13.2 Å². The zero-order chi connectivity index (χ0) is 10.1. The van der Waals surface area contributed by atoms with Crippen molar-refractivity contribution in [1.82, 2.24) is 5.32 Å². The number of carbonyl (C=O) groups excluding carboxylic acids is 1. The van der Waals surface area contributed by atoms with Crippen LogP contribution in [0.15, 0.2) is 12.7 Å². The summed E-state index contributed by atoms with van der Waals surface area (Å²) in [5.74, 6) is -0.0286. The second-order valence-electron chi connectivity index (χ2n) is 2.72. The number of amides is 1. The molecule has 1 amide bonds. The molecule has 0 aliphatic carbocycles. The average Bonchev–Trinajstić information content (AvgIpc) is 2.14. The van der Waals surface area contributed by atoms with Crippen LogP contribution in [0, 0.1) is 0 Å². The Hall–Kier alpha value is -0.870. The second-order valence-corrected chi connectivity index (χ2v) is 2.72. The van der Waals surface area contributed by atoms with Crippen LogP contribution in [0.4, 0.5) is 0 Å². The second kappa shape index (κ2) is 7.76. The van der Waals surface area contributed by atoms with E-state index in [0.717, 1.165) is 6.42 Å². The van der Waals surface area contributed by atoms with Gasteiger partial charge in [0.1, 0.15) is 0 Å². The summed E-state index contributed by atoms with van der Waals surface area (Å²) in [6.45, 7) is 4.55. The molecule has 0 saturated heterocycles. The first-order valence-corrected chi connectivity index (χ1v) is 4.35. The standard InChI is InChI=1S/C9H18N2O2/c1-3-4-5-11-9(12)6-8(7-10)13-2/h3,8H,1,4-7,10H2,2H3,(H,11,12). The lowest BCUT2D eigenvalue weighted by Gasteiger charge is -2.11. The van der Waals surface area contributed by atoms with Crippen molar-refractivity contribution in [2.45, 2.75) is 18.9 Å². The molecule has 4 heteroatoms. The fraction of sp³-hybridized carbons (Fsp3) is 0.667. The Balaban J connectivity index is 3.53. The van der Waals surface area contributed by atoms with Crippen LogP contribution in [0.25, 0.3) is 0 Å². The minimum absolute atomic E-state index is 0.0286. The minimum Gasteiger partial charge on any atom is -0.380 e. The van der Waals surface area contributed by atoms with E-state index in [4.69, 9.17) is 10.5 Å². The first-order valence-electron chi connectivity index (χ1n) is 4.35. The molecule has 0 rings (SSSR count). The highest BCUT2D eigenvalue weighted by atomic mass is 16.5. The summed E-state index contributed by atoms with van der Waals surface area (Å²) in [6, 6.07) is 0. The van der Waals surface area contributed by atoms with Crippen LogP contribution in [0.5, 0.6) is 0 Å². The summed E-state index contributed by atoms with van der Waals surface area (Å²) in [7, 11) is 1.55. The van der Waals surface area contributed by atoms with E-state index >= 15 is 0 Å². The molecule has 0 saturated carbocycles. The molecule has 0 aromatic rings.